The van der Waals surface area contributed by atoms with Gasteiger partial charge in [-0.1, -0.05) is 15.9 Å². The molecular formula is C15H15BrN2O2. The molecule has 0 heterocycles. The first kappa shape index (κ1) is 16.1. The molecule has 0 saturated heterocycles. The molecule has 0 aliphatic heterocycles. The van der Waals surface area contributed by atoms with Crippen LogP contribution >= 0.6 is 15.9 Å². The summed E-state index contributed by atoms with van der Waals surface area (Å²) >= 11 is 3.41. The van der Waals surface area contributed by atoms with Crippen molar-refractivity contribution in [1.82, 2.24) is 0 Å². The summed E-state index contributed by atoms with van der Waals surface area (Å²) in [5.41, 5.74) is 0.730. The van der Waals surface area contributed by atoms with Crippen LogP contribution in [0.2, 0.25) is 0 Å². The number of hydrogen-bond donors (Lipinski definition) is 0. The van der Waals surface area contributed by atoms with Crippen molar-refractivity contribution in [3.05, 3.63) is 27.7 Å². The smallest absolute Gasteiger partial charge is 0.162 e. The number of rotatable bonds is 5. The fourth-order valence-electron chi connectivity index (χ4n) is 1.52. The fourth-order valence-corrected chi connectivity index (χ4v) is 1.96. The number of ether oxygens (including phenoxy) is 2. The Kier molecular flexibility index (Phi) is 6.09. The Morgan fingerprint density at radius 3 is 2.45 bits per heavy atom. The lowest BCUT2D eigenvalue weighted by molar-refractivity contribution is 0.223. The molecule has 0 aliphatic rings. The molecule has 20 heavy (non-hydrogen) atoms. The molecule has 0 unspecified atom stereocenters. The summed E-state index contributed by atoms with van der Waals surface area (Å²) in [6, 6.07) is 7.20. The molecule has 0 amide bonds. The van der Waals surface area contributed by atoms with Crippen molar-refractivity contribution >= 4 is 22.0 Å². The number of nitrogens with zero attached hydrogens (tertiary/aromatic N) is 2. The van der Waals surface area contributed by atoms with Crippen LogP contribution in [0.5, 0.6) is 11.5 Å². The topological polar surface area (TPSA) is 66.0 Å². The molecule has 0 spiro atoms. The van der Waals surface area contributed by atoms with E-state index in [0.29, 0.717) is 23.7 Å². The highest BCUT2D eigenvalue weighted by molar-refractivity contribution is 9.10. The molecule has 104 valence electrons. The van der Waals surface area contributed by atoms with Gasteiger partial charge < -0.3 is 9.47 Å². The molecular weight excluding hydrogens is 320 g/mol. The second-order valence-electron chi connectivity index (χ2n) is 4.20. The lowest BCUT2D eigenvalue weighted by Gasteiger charge is -2.16. The number of halogens is 1. The molecule has 0 radical (unpaired) electrons. The van der Waals surface area contributed by atoms with Crippen LogP contribution in [0.3, 0.4) is 0 Å². The lowest BCUT2D eigenvalue weighted by Crippen LogP contribution is -2.07. The van der Waals surface area contributed by atoms with Crippen LogP contribution in [0.25, 0.3) is 6.08 Å². The zero-order valence-electron chi connectivity index (χ0n) is 11.6. The summed E-state index contributed by atoms with van der Waals surface area (Å²) in [6.07, 6.45) is 1.53. The summed E-state index contributed by atoms with van der Waals surface area (Å²) in [5.74, 6) is 1.22. The summed E-state index contributed by atoms with van der Waals surface area (Å²) < 4.78 is 12.0. The second kappa shape index (κ2) is 7.57. The Labute approximate surface area is 127 Å². The van der Waals surface area contributed by atoms with Gasteiger partial charge in [-0.25, -0.2) is 0 Å². The van der Waals surface area contributed by atoms with Gasteiger partial charge in [0, 0.05) is 4.47 Å². The van der Waals surface area contributed by atoms with Gasteiger partial charge in [-0.05, 0) is 44.5 Å². The molecule has 0 atom stereocenters. The zero-order chi connectivity index (χ0) is 15.1. The minimum Gasteiger partial charge on any atom is -0.490 e. The van der Waals surface area contributed by atoms with E-state index in [1.54, 1.807) is 12.1 Å². The molecule has 4 nitrogen and oxygen atoms in total. The summed E-state index contributed by atoms with van der Waals surface area (Å²) in [6.45, 7) is 6.25. The van der Waals surface area contributed by atoms with Crippen molar-refractivity contribution in [2.24, 2.45) is 0 Å². The number of allylic oxidation sites excluding steroid dienone is 1. The van der Waals surface area contributed by atoms with Gasteiger partial charge in [0.1, 0.15) is 17.7 Å². The van der Waals surface area contributed by atoms with Gasteiger partial charge in [-0.15, -0.1) is 0 Å². The van der Waals surface area contributed by atoms with Crippen molar-refractivity contribution in [2.45, 2.75) is 26.9 Å². The maximum absolute atomic E-state index is 8.81. The highest BCUT2D eigenvalue weighted by Gasteiger charge is 2.11. The largest absolute Gasteiger partial charge is 0.490 e. The van der Waals surface area contributed by atoms with Gasteiger partial charge in [0.2, 0.25) is 0 Å². The molecule has 0 saturated carbocycles. The van der Waals surface area contributed by atoms with Crippen LogP contribution in [0, 0.1) is 22.7 Å². The van der Waals surface area contributed by atoms with E-state index in [0.717, 1.165) is 4.47 Å². The van der Waals surface area contributed by atoms with Crippen LogP contribution < -0.4 is 9.47 Å². The summed E-state index contributed by atoms with van der Waals surface area (Å²) in [7, 11) is 0. The first-order chi connectivity index (χ1) is 9.51. The van der Waals surface area contributed by atoms with Gasteiger partial charge in [0.25, 0.3) is 0 Å². The first-order valence-corrected chi connectivity index (χ1v) is 6.96. The van der Waals surface area contributed by atoms with Crippen LogP contribution in [0.4, 0.5) is 0 Å². The molecule has 0 aliphatic carbocycles. The molecule has 1 aromatic rings. The Morgan fingerprint density at radius 2 is 1.95 bits per heavy atom. The maximum atomic E-state index is 8.81. The summed E-state index contributed by atoms with van der Waals surface area (Å²) in [4.78, 5) is 0. The third-order valence-electron chi connectivity index (χ3n) is 2.27. The van der Waals surface area contributed by atoms with Crippen molar-refractivity contribution in [3.8, 4) is 23.6 Å². The first-order valence-electron chi connectivity index (χ1n) is 6.16. The van der Waals surface area contributed by atoms with Gasteiger partial charge in [-0.2, -0.15) is 10.5 Å². The molecule has 5 heteroatoms. The quantitative estimate of drug-likeness (QED) is 0.761. The Balaban J connectivity index is 3.30. The van der Waals surface area contributed by atoms with E-state index < -0.39 is 0 Å². The second-order valence-corrected chi connectivity index (χ2v) is 5.06. The third kappa shape index (κ3) is 4.29. The predicted octanol–water partition coefficient (Wildman–Crippen LogP) is 4.07. The summed E-state index contributed by atoms with van der Waals surface area (Å²) in [5, 5.41) is 17.6. The third-order valence-corrected chi connectivity index (χ3v) is 2.95. The highest BCUT2D eigenvalue weighted by Crippen LogP contribution is 2.35. The normalized spacial score (nSPS) is 9.55. The molecule has 1 aromatic carbocycles. The van der Waals surface area contributed by atoms with Crippen molar-refractivity contribution in [2.75, 3.05) is 6.61 Å². The Hall–Kier alpha value is -1.98. The average Bonchev–Trinajstić information content (AvgIpc) is 2.40. The molecule has 0 N–H and O–H groups in total. The van der Waals surface area contributed by atoms with Crippen molar-refractivity contribution < 1.29 is 9.47 Å². The Morgan fingerprint density at radius 1 is 1.30 bits per heavy atom. The monoisotopic (exact) mass is 334 g/mol. The Bertz CT molecular complexity index is 579. The predicted molar refractivity (Wildman–Crippen MR) is 80.3 cm³/mol. The van der Waals surface area contributed by atoms with Gasteiger partial charge in [0.15, 0.2) is 11.5 Å². The molecule has 1 rings (SSSR count). The lowest BCUT2D eigenvalue weighted by atomic mass is 10.1. The van der Waals surface area contributed by atoms with E-state index in [1.807, 2.05) is 32.9 Å². The van der Waals surface area contributed by atoms with Crippen molar-refractivity contribution in [1.29, 1.82) is 10.5 Å². The zero-order valence-corrected chi connectivity index (χ0v) is 13.2. The maximum Gasteiger partial charge on any atom is 0.162 e. The van der Waals surface area contributed by atoms with E-state index in [2.05, 4.69) is 15.9 Å². The SMILES string of the molecule is CCOc1cc(C=C(C#N)C#N)c(Br)cc1OC(C)C. The van der Waals surface area contributed by atoms with Crippen LogP contribution in [0.1, 0.15) is 26.3 Å². The highest BCUT2D eigenvalue weighted by atomic mass is 79.9. The van der Waals surface area contributed by atoms with Crippen LogP contribution in [-0.2, 0) is 0 Å². The minimum absolute atomic E-state index is 0.0243. The minimum atomic E-state index is 0.0243. The van der Waals surface area contributed by atoms with Crippen LogP contribution in [-0.4, -0.2) is 12.7 Å². The van der Waals surface area contributed by atoms with Gasteiger partial charge in [0.05, 0.1) is 12.7 Å². The van der Waals surface area contributed by atoms with E-state index >= 15 is 0 Å². The number of benzene rings is 1. The van der Waals surface area contributed by atoms with E-state index in [-0.39, 0.29) is 11.7 Å². The van der Waals surface area contributed by atoms with E-state index in [9.17, 15) is 0 Å². The number of hydrogen-bond acceptors (Lipinski definition) is 4. The van der Waals surface area contributed by atoms with Gasteiger partial charge >= 0.3 is 0 Å². The standard InChI is InChI=1S/C15H15BrN2O2/c1-4-19-14-6-12(5-11(8-17)9-18)13(16)7-15(14)20-10(2)3/h5-7,10H,4H2,1-3H3. The molecule has 0 bridgehead atoms. The van der Waals surface area contributed by atoms with Crippen LogP contribution in [0.15, 0.2) is 22.2 Å². The van der Waals surface area contributed by atoms with E-state index in [1.165, 1.54) is 6.08 Å². The fraction of sp³-hybridized carbons (Fsp3) is 0.333. The average molecular weight is 335 g/mol. The van der Waals surface area contributed by atoms with Crippen molar-refractivity contribution in [3.63, 3.8) is 0 Å². The molecule has 0 fully saturated rings. The van der Waals surface area contributed by atoms with Gasteiger partial charge in [-0.3, -0.25) is 0 Å². The van der Waals surface area contributed by atoms with E-state index in [4.69, 9.17) is 20.0 Å². The molecule has 0 aromatic heterocycles. The number of nitriles is 2.